The van der Waals surface area contributed by atoms with Gasteiger partial charge >= 0.3 is 5.97 Å². The highest BCUT2D eigenvalue weighted by Gasteiger charge is 2.35. The first-order chi connectivity index (χ1) is 15.4. The summed E-state index contributed by atoms with van der Waals surface area (Å²) in [5.41, 5.74) is 0.772. The highest BCUT2D eigenvalue weighted by Crippen LogP contribution is 2.30. The molecule has 1 amide bonds. The number of nitrogens with two attached hydrogens (primary N) is 1. The third-order valence-corrected chi connectivity index (χ3v) is 7.35. The largest absolute Gasteiger partial charge is 0.481 e. The number of primary sulfonamides is 1. The van der Waals surface area contributed by atoms with Gasteiger partial charge in [0, 0.05) is 25.2 Å². The molecule has 1 unspecified atom stereocenters. The second-order valence-electron chi connectivity index (χ2n) is 7.52. The third kappa shape index (κ3) is 5.61. The number of nitrogens with zero attached hydrogens (tertiary/aromatic N) is 1. The van der Waals surface area contributed by atoms with Crippen LogP contribution in [0.15, 0.2) is 52.3 Å². The normalized spacial score (nSPS) is 16.6. The average Bonchev–Trinajstić information content (AvgIpc) is 3.14. The van der Waals surface area contributed by atoms with E-state index in [1.165, 1.54) is 41.3 Å². The summed E-state index contributed by atoms with van der Waals surface area (Å²) < 4.78 is 51.7. The fraction of sp³-hybridized carbons (Fsp3) is 0.300. The number of carbonyl (C=O) groups excluding carboxylic acids is 1. The van der Waals surface area contributed by atoms with Crippen LogP contribution in [-0.2, 0) is 29.6 Å². The minimum absolute atomic E-state index is 0.00528. The number of benzene rings is 2. The van der Waals surface area contributed by atoms with E-state index in [0.717, 1.165) is 12.5 Å². The van der Waals surface area contributed by atoms with Gasteiger partial charge in [-0.05, 0) is 48.9 Å². The molecule has 0 bridgehead atoms. The Morgan fingerprint density at radius 1 is 1.09 bits per heavy atom. The molecule has 1 aliphatic heterocycles. The molecule has 3 rings (SSSR count). The fourth-order valence-corrected chi connectivity index (χ4v) is 4.94. The molecule has 2 aromatic carbocycles. The molecular formula is C20H24N4O7S2. The van der Waals surface area contributed by atoms with Gasteiger partial charge in [0.05, 0.1) is 27.1 Å². The summed E-state index contributed by atoms with van der Waals surface area (Å²) >= 11 is 0. The van der Waals surface area contributed by atoms with Gasteiger partial charge in [0.1, 0.15) is 0 Å². The minimum Gasteiger partial charge on any atom is -0.481 e. The minimum atomic E-state index is -4.12. The Hall–Kier alpha value is -3.16. The van der Waals surface area contributed by atoms with E-state index in [2.05, 4.69) is 10.0 Å². The van der Waals surface area contributed by atoms with Gasteiger partial charge in [0.25, 0.3) is 10.0 Å². The van der Waals surface area contributed by atoms with E-state index < -0.39 is 31.9 Å². The first-order valence-electron chi connectivity index (χ1n) is 9.99. The van der Waals surface area contributed by atoms with Crippen molar-refractivity contribution in [2.24, 2.45) is 11.1 Å². The lowest BCUT2D eigenvalue weighted by Crippen LogP contribution is -2.25. The van der Waals surface area contributed by atoms with Crippen molar-refractivity contribution >= 4 is 49.0 Å². The van der Waals surface area contributed by atoms with E-state index in [1.807, 2.05) is 6.92 Å². The Morgan fingerprint density at radius 2 is 1.73 bits per heavy atom. The van der Waals surface area contributed by atoms with Crippen molar-refractivity contribution in [1.29, 1.82) is 0 Å². The Kier molecular flexibility index (Phi) is 6.95. The number of carboxylic acids is 1. The number of hydrogen-bond donors (Lipinski definition) is 4. The molecule has 0 radical (unpaired) electrons. The quantitative estimate of drug-likeness (QED) is 0.402. The van der Waals surface area contributed by atoms with Crippen molar-refractivity contribution in [2.75, 3.05) is 28.0 Å². The van der Waals surface area contributed by atoms with Crippen LogP contribution in [0.2, 0.25) is 0 Å². The van der Waals surface area contributed by atoms with Crippen LogP contribution in [0, 0.1) is 5.92 Å². The lowest BCUT2D eigenvalue weighted by Gasteiger charge is -2.17. The van der Waals surface area contributed by atoms with Crippen LogP contribution in [0.5, 0.6) is 0 Å². The van der Waals surface area contributed by atoms with Crippen LogP contribution < -0.4 is 20.1 Å². The number of sulfonamides is 2. The van der Waals surface area contributed by atoms with Crippen LogP contribution in [-0.4, -0.2) is 46.9 Å². The third-order valence-electron chi connectivity index (χ3n) is 5.06. The van der Waals surface area contributed by atoms with E-state index in [4.69, 9.17) is 10.2 Å². The molecule has 1 atom stereocenters. The number of aliphatic carboxylic acids is 1. The van der Waals surface area contributed by atoms with Crippen molar-refractivity contribution in [1.82, 2.24) is 0 Å². The van der Waals surface area contributed by atoms with E-state index in [9.17, 15) is 26.4 Å². The van der Waals surface area contributed by atoms with Crippen molar-refractivity contribution < 1.29 is 31.5 Å². The molecule has 1 heterocycles. The number of hydrogen-bond acceptors (Lipinski definition) is 7. The fourth-order valence-electron chi connectivity index (χ4n) is 3.33. The summed E-state index contributed by atoms with van der Waals surface area (Å²) in [6.45, 7) is 2.45. The molecule has 1 fully saturated rings. The zero-order chi connectivity index (χ0) is 24.4. The maximum atomic E-state index is 12.9. The smallest absolute Gasteiger partial charge is 0.308 e. The highest BCUT2D eigenvalue weighted by atomic mass is 32.2. The molecule has 0 spiro atoms. The summed E-state index contributed by atoms with van der Waals surface area (Å²) in [5, 5.41) is 17.3. The topological polar surface area (TPSA) is 176 Å². The molecule has 1 saturated heterocycles. The van der Waals surface area contributed by atoms with Crippen LogP contribution in [0.1, 0.15) is 19.8 Å². The lowest BCUT2D eigenvalue weighted by atomic mass is 10.1. The molecule has 2 aromatic rings. The zero-order valence-electron chi connectivity index (χ0n) is 17.7. The number of carboxylic acid groups (broad SMARTS) is 1. The zero-order valence-corrected chi connectivity index (χ0v) is 19.3. The second-order valence-corrected chi connectivity index (χ2v) is 10.8. The van der Waals surface area contributed by atoms with Gasteiger partial charge in [-0.15, -0.1) is 0 Å². The number of amides is 1. The summed E-state index contributed by atoms with van der Waals surface area (Å²) in [7, 11) is -8.18. The monoisotopic (exact) mass is 496 g/mol. The Balaban J connectivity index is 1.87. The van der Waals surface area contributed by atoms with Crippen LogP contribution in [0.3, 0.4) is 0 Å². The Morgan fingerprint density at radius 3 is 2.27 bits per heavy atom. The molecule has 11 nitrogen and oxygen atoms in total. The van der Waals surface area contributed by atoms with E-state index >= 15 is 0 Å². The Bertz CT molecular complexity index is 1280. The molecule has 0 aromatic heterocycles. The van der Waals surface area contributed by atoms with Crippen molar-refractivity contribution in [3.63, 3.8) is 0 Å². The standard InChI is InChI=1S/C20H24N4O7S2/c1-2-9-22-17-8-7-16(32(21,28)29)11-18(17)23-33(30,31)15-5-3-14(4-6-15)24-12-13(20(26)27)10-19(24)25/h3-8,11,13,22-23H,2,9-10,12H2,1H3,(H,26,27)(H2,21,28,29). The second kappa shape index (κ2) is 9.37. The Labute approximate surface area is 191 Å². The van der Waals surface area contributed by atoms with Gasteiger partial charge in [-0.3, -0.25) is 14.3 Å². The van der Waals surface area contributed by atoms with Crippen LogP contribution in [0.4, 0.5) is 17.1 Å². The molecule has 5 N–H and O–H groups in total. The predicted octanol–water partition coefficient (Wildman–Crippen LogP) is 1.39. The summed E-state index contributed by atoms with van der Waals surface area (Å²) in [5.74, 6) is -2.24. The summed E-state index contributed by atoms with van der Waals surface area (Å²) in [6, 6.07) is 9.21. The van der Waals surface area contributed by atoms with E-state index in [0.29, 0.717) is 17.9 Å². The van der Waals surface area contributed by atoms with Gasteiger partial charge in [0.2, 0.25) is 15.9 Å². The van der Waals surface area contributed by atoms with E-state index in [-0.39, 0.29) is 34.4 Å². The molecule has 33 heavy (non-hydrogen) atoms. The van der Waals surface area contributed by atoms with Crippen molar-refractivity contribution in [3.8, 4) is 0 Å². The first kappa shape index (κ1) is 24.5. The number of rotatable bonds is 9. The van der Waals surface area contributed by atoms with Crippen LogP contribution in [0.25, 0.3) is 0 Å². The molecule has 0 aliphatic carbocycles. The number of carbonyl (C=O) groups is 2. The number of anilines is 3. The average molecular weight is 497 g/mol. The van der Waals surface area contributed by atoms with Crippen molar-refractivity contribution in [3.05, 3.63) is 42.5 Å². The molecule has 178 valence electrons. The molecule has 1 aliphatic rings. The first-order valence-corrected chi connectivity index (χ1v) is 13.0. The van der Waals surface area contributed by atoms with Crippen LogP contribution >= 0.6 is 0 Å². The van der Waals surface area contributed by atoms with Crippen molar-refractivity contribution in [2.45, 2.75) is 29.6 Å². The van der Waals surface area contributed by atoms with Gasteiger partial charge in [-0.1, -0.05) is 6.92 Å². The van der Waals surface area contributed by atoms with Gasteiger partial charge < -0.3 is 15.3 Å². The van der Waals surface area contributed by atoms with Gasteiger partial charge in [-0.25, -0.2) is 22.0 Å². The summed E-state index contributed by atoms with van der Waals surface area (Å²) in [6.07, 6.45) is 0.632. The van der Waals surface area contributed by atoms with Gasteiger partial charge in [0.15, 0.2) is 0 Å². The molecule has 0 saturated carbocycles. The molecule has 13 heteroatoms. The predicted molar refractivity (Wildman–Crippen MR) is 122 cm³/mol. The number of nitrogens with one attached hydrogen (secondary N) is 2. The maximum absolute atomic E-state index is 12.9. The maximum Gasteiger partial charge on any atom is 0.308 e. The van der Waals surface area contributed by atoms with Gasteiger partial charge in [-0.2, -0.15) is 0 Å². The SMILES string of the molecule is CCCNc1ccc(S(N)(=O)=O)cc1NS(=O)(=O)c1ccc(N2CC(C(=O)O)CC2=O)cc1. The summed E-state index contributed by atoms with van der Waals surface area (Å²) in [4.78, 5) is 24.2. The highest BCUT2D eigenvalue weighted by molar-refractivity contribution is 7.92. The lowest BCUT2D eigenvalue weighted by molar-refractivity contribution is -0.141. The van der Waals surface area contributed by atoms with E-state index in [1.54, 1.807) is 0 Å². The molecular weight excluding hydrogens is 472 g/mol.